The van der Waals surface area contributed by atoms with Gasteiger partial charge in [0.05, 0.1) is 0 Å². The maximum atomic E-state index is 11.6. The number of carbonyl (C=O) groups excluding carboxylic acids is 1. The number of carbonyl (C=O) groups is 1. The average Bonchev–Trinajstić information content (AvgIpc) is 2.15. The molecule has 15 heavy (non-hydrogen) atoms. The van der Waals surface area contributed by atoms with Crippen LogP contribution < -0.4 is 11.1 Å². The van der Waals surface area contributed by atoms with Crippen molar-refractivity contribution in [2.45, 2.75) is 32.7 Å². The fourth-order valence-corrected chi connectivity index (χ4v) is 1.29. The van der Waals surface area contributed by atoms with Crippen molar-refractivity contribution in [3.05, 3.63) is 0 Å². The lowest BCUT2D eigenvalue weighted by atomic mass is 10.1. The molecular formula is C11H25N3O. The van der Waals surface area contributed by atoms with E-state index in [0.29, 0.717) is 6.54 Å². The second-order valence-electron chi connectivity index (χ2n) is 4.48. The molecule has 0 aliphatic heterocycles. The van der Waals surface area contributed by atoms with E-state index in [1.165, 1.54) is 0 Å². The smallest absolute Gasteiger partial charge is 0.223 e. The summed E-state index contributed by atoms with van der Waals surface area (Å²) in [5.41, 5.74) is 5.41. The highest BCUT2D eigenvalue weighted by Crippen LogP contribution is 2.01. The Bertz CT molecular complexity index is 183. The minimum absolute atomic E-state index is 0.0248. The highest BCUT2D eigenvalue weighted by Gasteiger charge is 2.14. The molecule has 0 radical (unpaired) electrons. The first-order valence-corrected chi connectivity index (χ1v) is 5.62. The Kier molecular flexibility index (Phi) is 7.34. The Morgan fingerprint density at radius 3 is 2.40 bits per heavy atom. The monoisotopic (exact) mass is 215 g/mol. The standard InChI is InChI=1S/C11H25N3O/c1-9(5-7-12)11(15)13-10(2)6-8-14(3)4/h9-10H,5-8,12H2,1-4H3,(H,13,15). The fourth-order valence-electron chi connectivity index (χ4n) is 1.29. The zero-order valence-corrected chi connectivity index (χ0v) is 10.4. The third kappa shape index (κ3) is 7.33. The van der Waals surface area contributed by atoms with Crippen LogP contribution in [0, 0.1) is 5.92 Å². The number of hydrogen-bond donors (Lipinski definition) is 2. The average molecular weight is 215 g/mol. The summed E-state index contributed by atoms with van der Waals surface area (Å²) in [6.07, 6.45) is 1.74. The van der Waals surface area contributed by atoms with Crippen LogP contribution in [-0.2, 0) is 4.79 Å². The Hall–Kier alpha value is -0.610. The van der Waals surface area contributed by atoms with Gasteiger partial charge in [-0.05, 0) is 47.0 Å². The number of nitrogens with one attached hydrogen (secondary N) is 1. The van der Waals surface area contributed by atoms with E-state index in [0.717, 1.165) is 19.4 Å². The summed E-state index contributed by atoms with van der Waals surface area (Å²) < 4.78 is 0. The molecule has 0 bridgehead atoms. The predicted molar refractivity (Wildman–Crippen MR) is 63.6 cm³/mol. The van der Waals surface area contributed by atoms with Gasteiger partial charge in [0.1, 0.15) is 0 Å². The first kappa shape index (κ1) is 14.4. The molecular weight excluding hydrogens is 190 g/mol. The van der Waals surface area contributed by atoms with Gasteiger partial charge in [0.25, 0.3) is 0 Å². The van der Waals surface area contributed by atoms with Gasteiger partial charge in [0, 0.05) is 12.0 Å². The molecule has 0 aromatic rings. The lowest BCUT2D eigenvalue weighted by Gasteiger charge is -2.19. The summed E-state index contributed by atoms with van der Waals surface area (Å²) in [7, 11) is 4.07. The molecule has 0 heterocycles. The van der Waals surface area contributed by atoms with E-state index in [1.54, 1.807) is 0 Å². The quantitative estimate of drug-likeness (QED) is 0.647. The summed E-state index contributed by atoms with van der Waals surface area (Å²) in [5.74, 6) is 0.142. The van der Waals surface area contributed by atoms with Crippen molar-refractivity contribution < 1.29 is 4.79 Å². The first-order valence-electron chi connectivity index (χ1n) is 5.62. The van der Waals surface area contributed by atoms with Crippen LogP contribution in [0.1, 0.15) is 26.7 Å². The van der Waals surface area contributed by atoms with E-state index >= 15 is 0 Å². The normalized spacial score (nSPS) is 15.1. The third-order valence-corrected chi connectivity index (χ3v) is 2.45. The summed E-state index contributed by atoms with van der Waals surface area (Å²) in [5, 5.41) is 3.00. The highest BCUT2D eigenvalue weighted by molar-refractivity contribution is 5.78. The van der Waals surface area contributed by atoms with Gasteiger partial charge in [0.2, 0.25) is 5.91 Å². The molecule has 2 atom stereocenters. The van der Waals surface area contributed by atoms with Gasteiger partial charge >= 0.3 is 0 Å². The van der Waals surface area contributed by atoms with Crippen LogP contribution >= 0.6 is 0 Å². The van der Waals surface area contributed by atoms with E-state index in [4.69, 9.17) is 5.73 Å². The molecule has 0 aromatic carbocycles. The molecule has 0 spiro atoms. The molecule has 4 heteroatoms. The van der Waals surface area contributed by atoms with Crippen molar-refractivity contribution in [2.24, 2.45) is 11.7 Å². The largest absolute Gasteiger partial charge is 0.353 e. The maximum Gasteiger partial charge on any atom is 0.223 e. The molecule has 1 amide bonds. The predicted octanol–water partition coefficient (Wildman–Crippen LogP) is 0.428. The number of nitrogens with zero attached hydrogens (tertiary/aromatic N) is 1. The molecule has 0 saturated heterocycles. The van der Waals surface area contributed by atoms with Gasteiger partial charge < -0.3 is 16.0 Å². The van der Waals surface area contributed by atoms with Crippen molar-refractivity contribution in [1.82, 2.24) is 10.2 Å². The number of hydrogen-bond acceptors (Lipinski definition) is 3. The van der Waals surface area contributed by atoms with Crippen LogP contribution in [0.2, 0.25) is 0 Å². The van der Waals surface area contributed by atoms with E-state index < -0.39 is 0 Å². The van der Waals surface area contributed by atoms with Gasteiger partial charge in [-0.3, -0.25) is 4.79 Å². The molecule has 0 aliphatic rings. The Morgan fingerprint density at radius 1 is 1.33 bits per heavy atom. The van der Waals surface area contributed by atoms with Crippen molar-refractivity contribution in [2.75, 3.05) is 27.2 Å². The lowest BCUT2D eigenvalue weighted by molar-refractivity contribution is -0.125. The van der Waals surface area contributed by atoms with Crippen LogP contribution in [-0.4, -0.2) is 44.0 Å². The first-order chi connectivity index (χ1) is 6.97. The van der Waals surface area contributed by atoms with Gasteiger partial charge in [-0.1, -0.05) is 6.92 Å². The van der Waals surface area contributed by atoms with E-state index in [9.17, 15) is 4.79 Å². The molecule has 0 rings (SSSR count). The maximum absolute atomic E-state index is 11.6. The Labute approximate surface area is 93.2 Å². The molecule has 0 saturated carbocycles. The summed E-state index contributed by atoms with van der Waals surface area (Å²) in [6, 6.07) is 0.236. The number of rotatable bonds is 7. The van der Waals surface area contributed by atoms with Crippen molar-refractivity contribution >= 4 is 5.91 Å². The van der Waals surface area contributed by atoms with Gasteiger partial charge in [-0.25, -0.2) is 0 Å². The fraction of sp³-hybridized carbons (Fsp3) is 0.909. The van der Waals surface area contributed by atoms with E-state index in [-0.39, 0.29) is 17.9 Å². The summed E-state index contributed by atoms with van der Waals surface area (Å²) in [6.45, 7) is 5.52. The summed E-state index contributed by atoms with van der Waals surface area (Å²) >= 11 is 0. The molecule has 90 valence electrons. The molecule has 0 fully saturated rings. The third-order valence-electron chi connectivity index (χ3n) is 2.45. The Morgan fingerprint density at radius 2 is 1.93 bits per heavy atom. The van der Waals surface area contributed by atoms with Gasteiger partial charge in [-0.15, -0.1) is 0 Å². The van der Waals surface area contributed by atoms with Crippen molar-refractivity contribution in [3.63, 3.8) is 0 Å². The van der Waals surface area contributed by atoms with Crippen LogP contribution in [0.4, 0.5) is 0 Å². The van der Waals surface area contributed by atoms with Crippen LogP contribution in [0.25, 0.3) is 0 Å². The minimum Gasteiger partial charge on any atom is -0.353 e. The number of amides is 1. The van der Waals surface area contributed by atoms with Crippen molar-refractivity contribution in [3.8, 4) is 0 Å². The molecule has 4 nitrogen and oxygen atoms in total. The summed E-state index contributed by atoms with van der Waals surface area (Å²) in [4.78, 5) is 13.7. The molecule has 3 N–H and O–H groups in total. The zero-order chi connectivity index (χ0) is 11.8. The van der Waals surface area contributed by atoms with Crippen LogP contribution in [0.5, 0.6) is 0 Å². The highest BCUT2D eigenvalue weighted by atomic mass is 16.1. The van der Waals surface area contributed by atoms with E-state index in [2.05, 4.69) is 10.2 Å². The van der Waals surface area contributed by atoms with E-state index in [1.807, 2.05) is 27.9 Å². The van der Waals surface area contributed by atoms with Crippen molar-refractivity contribution in [1.29, 1.82) is 0 Å². The topological polar surface area (TPSA) is 58.4 Å². The zero-order valence-electron chi connectivity index (χ0n) is 10.4. The second kappa shape index (κ2) is 7.65. The second-order valence-corrected chi connectivity index (χ2v) is 4.48. The van der Waals surface area contributed by atoms with Crippen LogP contribution in [0.3, 0.4) is 0 Å². The molecule has 0 aliphatic carbocycles. The van der Waals surface area contributed by atoms with Gasteiger partial charge in [0.15, 0.2) is 0 Å². The number of nitrogens with two attached hydrogens (primary N) is 1. The van der Waals surface area contributed by atoms with Crippen LogP contribution in [0.15, 0.2) is 0 Å². The Balaban J connectivity index is 3.75. The minimum atomic E-state index is 0.0248. The lowest BCUT2D eigenvalue weighted by Crippen LogP contribution is -2.38. The molecule has 0 aromatic heterocycles. The molecule has 2 unspecified atom stereocenters. The van der Waals surface area contributed by atoms with Gasteiger partial charge in [-0.2, -0.15) is 0 Å². The SMILES string of the molecule is CC(CCN(C)C)NC(=O)C(C)CCN.